The molecule has 1 saturated carbocycles. The molecule has 0 aliphatic heterocycles. The van der Waals surface area contributed by atoms with Crippen LogP contribution in [0.25, 0.3) is 11.5 Å². The Kier molecular flexibility index (Phi) is 3.86. The van der Waals surface area contributed by atoms with Crippen molar-refractivity contribution in [1.82, 2.24) is 15.5 Å². The van der Waals surface area contributed by atoms with Crippen molar-refractivity contribution in [2.45, 2.75) is 18.8 Å². The summed E-state index contributed by atoms with van der Waals surface area (Å²) >= 11 is 0. The fraction of sp³-hybridized carbons (Fsp3) is 0.278. The topological polar surface area (TPSA) is 81.2 Å². The smallest absolute Gasteiger partial charge is 0.247 e. The van der Waals surface area contributed by atoms with Crippen LogP contribution in [0.15, 0.2) is 57.6 Å². The van der Waals surface area contributed by atoms with Gasteiger partial charge in [-0.25, -0.2) is 0 Å². The minimum Gasteiger partial charge on any atom is -0.469 e. The Morgan fingerprint density at radius 3 is 2.83 bits per heavy atom. The van der Waals surface area contributed by atoms with E-state index in [4.69, 9.17) is 8.83 Å². The van der Waals surface area contributed by atoms with Gasteiger partial charge in [0.2, 0.25) is 17.7 Å². The highest BCUT2D eigenvalue weighted by atomic mass is 16.4. The van der Waals surface area contributed by atoms with Crippen molar-refractivity contribution in [1.29, 1.82) is 0 Å². The average molecular weight is 323 g/mol. The number of amides is 1. The quantitative estimate of drug-likeness (QED) is 0.754. The summed E-state index contributed by atoms with van der Waals surface area (Å²) in [4.78, 5) is 12.1. The number of nitrogens with one attached hydrogen (secondary N) is 1. The lowest BCUT2D eigenvalue weighted by atomic mass is 10.2. The van der Waals surface area contributed by atoms with Crippen molar-refractivity contribution in [2.24, 2.45) is 5.92 Å². The van der Waals surface area contributed by atoms with E-state index < -0.39 is 0 Å². The van der Waals surface area contributed by atoms with Crippen molar-refractivity contribution in [3.8, 4) is 11.5 Å². The van der Waals surface area contributed by atoms with E-state index in [-0.39, 0.29) is 17.7 Å². The van der Waals surface area contributed by atoms with Crippen LogP contribution in [0.3, 0.4) is 0 Å². The van der Waals surface area contributed by atoms with E-state index in [1.165, 1.54) is 0 Å². The van der Waals surface area contributed by atoms with Gasteiger partial charge in [-0.3, -0.25) is 4.79 Å². The van der Waals surface area contributed by atoms with Crippen LogP contribution in [0, 0.1) is 5.92 Å². The third-order valence-corrected chi connectivity index (χ3v) is 4.16. The molecule has 1 N–H and O–H groups in total. The van der Waals surface area contributed by atoms with Crippen LogP contribution in [0.4, 0.5) is 0 Å². The van der Waals surface area contributed by atoms with E-state index in [2.05, 4.69) is 15.5 Å². The maximum Gasteiger partial charge on any atom is 0.247 e. The van der Waals surface area contributed by atoms with Crippen LogP contribution in [-0.4, -0.2) is 22.6 Å². The van der Waals surface area contributed by atoms with Gasteiger partial charge in [0, 0.05) is 30.4 Å². The van der Waals surface area contributed by atoms with Crippen LogP contribution in [0.2, 0.25) is 0 Å². The Bertz CT molecular complexity index is 811. The van der Waals surface area contributed by atoms with Gasteiger partial charge >= 0.3 is 0 Å². The largest absolute Gasteiger partial charge is 0.469 e. The Morgan fingerprint density at radius 2 is 2.04 bits per heavy atom. The minimum atomic E-state index is 0.0127. The molecular weight excluding hydrogens is 306 g/mol. The zero-order chi connectivity index (χ0) is 16.4. The molecule has 1 aromatic carbocycles. The fourth-order valence-electron chi connectivity index (χ4n) is 2.78. The fourth-order valence-corrected chi connectivity index (χ4v) is 2.78. The zero-order valence-electron chi connectivity index (χ0n) is 13.0. The molecule has 1 amide bonds. The van der Waals surface area contributed by atoms with Crippen molar-refractivity contribution in [3.05, 3.63) is 60.4 Å². The summed E-state index contributed by atoms with van der Waals surface area (Å²) in [6, 6.07) is 13.4. The third kappa shape index (κ3) is 3.08. The average Bonchev–Trinajstić information content (AvgIpc) is 3.01. The van der Waals surface area contributed by atoms with Crippen LogP contribution < -0.4 is 5.32 Å². The lowest BCUT2D eigenvalue weighted by molar-refractivity contribution is -0.122. The van der Waals surface area contributed by atoms with E-state index in [1.54, 1.807) is 6.26 Å². The summed E-state index contributed by atoms with van der Waals surface area (Å²) < 4.78 is 11.0. The van der Waals surface area contributed by atoms with E-state index in [0.717, 1.165) is 17.7 Å². The Hall–Kier alpha value is -2.89. The van der Waals surface area contributed by atoms with Crippen molar-refractivity contribution in [3.63, 3.8) is 0 Å². The van der Waals surface area contributed by atoms with Crippen molar-refractivity contribution in [2.75, 3.05) is 6.54 Å². The maximum absolute atomic E-state index is 12.1. The van der Waals surface area contributed by atoms with Crippen molar-refractivity contribution >= 4 is 5.91 Å². The summed E-state index contributed by atoms with van der Waals surface area (Å²) in [6.07, 6.45) is 3.00. The molecule has 1 aliphatic carbocycles. The van der Waals surface area contributed by atoms with Crippen LogP contribution in [0.5, 0.6) is 0 Å². The lowest BCUT2D eigenvalue weighted by Gasteiger charge is -2.02. The Balaban J connectivity index is 1.26. The SMILES string of the molecule is O=C(NCCc1nnc(-c2ccccc2)o1)C1CC1c1ccco1. The Morgan fingerprint density at radius 1 is 1.17 bits per heavy atom. The first-order valence-corrected chi connectivity index (χ1v) is 8.00. The molecule has 0 bridgehead atoms. The summed E-state index contributed by atoms with van der Waals surface area (Å²) in [5.74, 6) is 2.19. The molecule has 3 aromatic rings. The molecule has 0 radical (unpaired) electrons. The number of rotatable bonds is 6. The highest BCUT2D eigenvalue weighted by Crippen LogP contribution is 2.47. The van der Waals surface area contributed by atoms with E-state index in [9.17, 15) is 4.79 Å². The first-order chi connectivity index (χ1) is 11.8. The number of aromatic nitrogens is 2. The molecule has 2 aromatic heterocycles. The van der Waals surface area contributed by atoms with Gasteiger partial charge in [0.1, 0.15) is 5.76 Å². The molecule has 1 aliphatic rings. The summed E-state index contributed by atoms with van der Waals surface area (Å²) in [5, 5.41) is 11.0. The second-order valence-electron chi connectivity index (χ2n) is 5.87. The second-order valence-corrected chi connectivity index (χ2v) is 5.87. The van der Waals surface area contributed by atoms with Gasteiger partial charge in [0.25, 0.3) is 0 Å². The zero-order valence-corrected chi connectivity index (χ0v) is 13.0. The molecule has 0 saturated heterocycles. The van der Waals surface area contributed by atoms with Gasteiger partial charge in [0.15, 0.2) is 0 Å². The molecular formula is C18H17N3O3. The number of carbonyl (C=O) groups excluding carboxylic acids is 1. The molecule has 2 unspecified atom stereocenters. The molecule has 122 valence electrons. The minimum absolute atomic E-state index is 0.0127. The normalized spacial score (nSPS) is 19.2. The van der Waals surface area contributed by atoms with Crippen LogP contribution in [-0.2, 0) is 11.2 Å². The number of carbonyl (C=O) groups is 1. The van der Waals surface area contributed by atoms with Gasteiger partial charge in [-0.15, -0.1) is 10.2 Å². The number of nitrogens with zero attached hydrogens (tertiary/aromatic N) is 2. The summed E-state index contributed by atoms with van der Waals surface area (Å²) in [7, 11) is 0. The van der Waals surface area contributed by atoms with Gasteiger partial charge in [-0.05, 0) is 30.7 Å². The van der Waals surface area contributed by atoms with E-state index >= 15 is 0 Å². The predicted octanol–water partition coefficient (Wildman–Crippen LogP) is 2.79. The third-order valence-electron chi connectivity index (χ3n) is 4.16. The summed E-state index contributed by atoms with van der Waals surface area (Å²) in [6.45, 7) is 0.483. The molecule has 2 atom stereocenters. The predicted molar refractivity (Wildman–Crippen MR) is 86.0 cm³/mol. The Labute approximate surface area is 138 Å². The molecule has 1 fully saturated rings. The van der Waals surface area contributed by atoms with Gasteiger partial charge < -0.3 is 14.2 Å². The van der Waals surface area contributed by atoms with E-state index in [0.29, 0.717) is 24.7 Å². The monoisotopic (exact) mass is 323 g/mol. The number of hydrogen-bond acceptors (Lipinski definition) is 5. The highest BCUT2D eigenvalue weighted by molar-refractivity contribution is 5.82. The maximum atomic E-state index is 12.1. The number of benzene rings is 1. The first-order valence-electron chi connectivity index (χ1n) is 8.00. The van der Waals surface area contributed by atoms with Gasteiger partial charge in [-0.2, -0.15) is 0 Å². The van der Waals surface area contributed by atoms with Crippen LogP contribution >= 0.6 is 0 Å². The first kappa shape index (κ1) is 14.7. The van der Waals surface area contributed by atoms with Crippen molar-refractivity contribution < 1.29 is 13.6 Å². The highest BCUT2D eigenvalue weighted by Gasteiger charge is 2.45. The van der Waals surface area contributed by atoms with Gasteiger partial charge in [0.05, 0.1) is 6.26 Å². The molecule has 0 spiro atoms. The second kappa shape index (κ2) is 6.31. The van der Waals surface area contributed by atoms with Gasteiger partial charge in [-0.1, -0.05) is 18.2 Å². The molecule has 4 rings (SSSR count). The molecule has 6 heteroatoms. The van der Waals surface area contributed by atoms with Crippen LogP contribution in [0.1, 0.15) is 24.0 Å². The number of furan rings is 1. The standard InChI is InChI=1S/C18H17N3O3/c22-17(14-11-13(14)15-7-4-10-23-15)19-9-8-16-20-21-18(24-16)12-5-2-1-3-6-12/h1-7,10,13-14H,8-9,11H2,(H,19,22). The van der Waals surface area contributed by atoms with E-state index in [1.807, 2.05) is 42.5 Å². The molecule has 6 nitrogen and oxygen atoms in total. The number of hydrogen-bond donors (Lipinski definition) is 1. The lowest BCUT2D eigenvalue weighted by Crippen LogP contribution is -2.27. The molecule has 2 heterocycles. The molecule has 24 heavy (non-hydrogen) atoms. The summed E-state index contributed by atoms with van der Waals surface area (Å²) in [5.41, 5.74) is 0.888.